The molecule has 0 spiro atoms. The Labute approximate surface area is 154 Å². The summed E-state index contributed by atoms with van der Waals surface area (Å²) in [6, 6.07) is 10.1. The molecule has 0 aliphatic rings. The number of carbonyl (C=O) groups excluding carboxylic acids is 3. The van der Waals surface area contributed by atoms with Crippen molar-refractivity contribution in [1.82, 2.24) is 16.2 Å². The number of hydrogen-bond donors (Lipinski definition) is 3. The van der Waals surface area contributed by atoms with Gasteiger partial charge in [-0.15, -0.1) is 0 Å². The van der Waals surface area contributed by atoms with Gasteiger partial charge in [0.1, 0.15) is 23.2 Å². The summed E-state index contributed by atoms with van der Waals surface area (Å²) in [5, 5.41) is 2.30. The molecule has 1 atom stereocenters. The van der Waals surface area contributed by atoms with Gasteiger partial charge < -0.3 is 5.32 Å². The summed E-state index contributed by atoms with van der Waals surface area (Å²) in [4.78, 5) is 36.5. The lowest BCUT2D eigenvalue weighted by atomic mass is 10.0. The van der Waals surface area contributed by atoms with E-state index in [1.54, 1.807) is 44.2 Å². The van der Waals surface area contributed by atoms with Crippen LogP contribution in [0.1, 0.15) is 34.6 Å². The van der Waals surface area contributed by atoms with Gasteiger partial charge >= 0.3 is 0 Å². The third-order valence-corrected chi connectivity index (χ3v) is 3.76. The van der Waals surface area contributed by atoms with E-state index in [0.717, 1.165) is 18.2 Å². The van der Waals surface area contributed by atoms with E-state index in [9.17, 15) is 23.2 Å². The topological polar surface area (TPSA) is 87.3 Å². The highest BCUT2D eigenvalue weighted by molar-refractivity contribution is 5.99. The van der Waals surface area contributed by atoms with Crippen molar-refractivity contribution in [2.75, 3.05) is 0 Å². The Hall–Kier alpha value is -3.29. The van der Waals surface area contributed by atoms with Crippen LogP contribution in [0.2, 0.25) is 0 Å². The summed E-state index contributed by atoms with van der Waals surface area (Å²) in [5.74, 6) is -4.80. The molecule has 0 unspecified atom stereocenters. The van der Waals surface area contributed by atoms with Gasteiger partial charge in [-0.1, -0.05) is 38.1 Å². The molecular formula is C19H19F2N3O3. The number of hydrazine groups is 1. The molecule has 8 heteroatoms. The Balaban J connectivity index is 2.05. The van der Waals surface area contributed by atoms with Crippen LogP contribution in [-0.2, 0) is 4.79 Å². The summed E-state index contributed by atoms with van der Waals surface area (Å²) in [7, 11) is 0. The molecule has 0 saturated heterocycles. The monoisotopic (exact) mass is 375 g/mol. The van der Waals surface area contributed by atoms with Crippen molar-refractivity contribution in [2.45, 2.75) is 19.9 Å². The van der Waals surface area contributed by atoms with Crippen molar-refractivity contribution in [3.05, 3.63) is 71.3 Å². The Morgan fingerprint density at radius 3 is 1.96 bits per heavy atom. The van der Waals surface area contributed by atoms with Gasteiger partial charge in [-0.25, -0.2) is 8.78 Å². The largest absolute Gasteiger partial charge is 0.340 e. The number of amides is 3. The van der Waals surface area contributed by atoms with E-state index < -0.39 is 46.9 Å². The molecule has 3 amide bonds. The predicted octanol–water partition coefficient (Wildman–Crippen LogP) is 2.18. The highest BCUT2D eigenvalue weighted by Gasteiger charge is 2.27. The molecule has 2 aromatic rings. The molecule has 0 aromatic heterocycles. The third kappa shape index (κ3) is 5.10. The molecule has 0 bridgehead atoms. The van der Waals surface area contributed by atoms with Crippen molar-refractivity contribution < 1.29 is 23.2 Å². The predicted molar refractivity (Wildman–Crippen MR) is 94.5 cm³/mol. The third-order valence-electron chi connectivity index (χ3n) is 3.76. The number of nitrogens with one attached hydrogen (secondary N) is 3. The minimum absolute atomic E-state index is 0.330. The van der Waals surface area contributed by atoms with E-state index in [1.165, 1.54) is 0 Å². The standard InChI is InChI=1S/C19H19F2N3O3/c1-11(2)16(22-18(26)15-13(20)9-6-10-14(15)21)19(27)24-23-17(25)12-7-4-3-5-8-12/h3-11,16H,1-2H3,(H,22,26)(H,23,25)(H,24,27)/t16-/m0/s1. The minimum Gasteiger partial charge on any atom is -0.340 e. The van der Waals surface area contributed by atoms with Gasteiger partial charge in [-0.05, 0) is 30.2 Å². The van der Waals surface area contributed by atoms with Crippen molar-refractivity contribution in [3.8, 4) is 0 Å². The number of carbonyl (C=O) groups is 3. The van der Waals surface area contributed by atoms with Crippen LogP contribution in [-0.4, -0.2) is 23.8 Å². The Morgan fingerprint density at radius 2 is 1.41 bits per heavy atom. The van der Waals surface area contributed by atoms with E-state index in [-0.39, 0.29) is 0 Å². The van der Waals surface area contributed by atoms with E-state index in [4.69, 9.17) is 0 Å². The van der Waals surface area contributed by atoms with Gasteiger partial charge in [0.15, 0.2) is 0 Å². The first kappa shape index (κ1) is 20.0. The summed E-state index contributed by atoms with van der Waals surface area (Å²) in [6.07, 6.45) is 0. The molecule has 3 N–H and O–H groups in total. The Kier molecular flexibility index (Phi) is 6.59. The summed E-state index contributed by atoms with van der Waals surface area (Å²) < 4.78 is 27.5. The molecule has 0 aliphatic heterocycles. The number of benzene rings is 2. The Bertz CT molecular complexity index is 821. The van der Waals surface area contributed by atoms with Crippen molar-refractivity contribution in [1.29, 1.82) is 0 Å². The van der Waals surface area contributed by atoms with E-state index in [2.05, 4.69) is 16.2 Å². The summed E-state index contributed by atoms with van der Waals surface area (Å²) >= 11 is 0. The quantitative estimate of drug-likeness (QED) is 0.700. The Morgan fingerprint density at radius 1 is 0.815 bits per heavy atom. The van der Waals surface area contributed by atoms with Gasteiger partial charge in [0.25, 0.3) is 17.7 Å². The maximum atomic E-state index is 13.7. The zero-order valence-corrected chi connectivity index (χ0v) is 14.8. The molecule has 0 radical (unpaired) electrons. The lowest BCUT2D eigenvalue weighted by Gasteiger charge is -2.22. The average molecular weight is 375 g/mol. The van der Waals surface area contributed by atoms with Crippen LogP contribution in [0.5, 0.6) is 0 Å². The highest BCUT2D eigenvalue weighted by atomic mass is 19.1. The first-order chi connectivity index (χ1) is 12.8. The fraction of sp³-hybridized carbons (Fsp3) is 0.211. The molecule has 0 saturated carbocycles. The van der Waals surface area contributed by atoms with Crippen LogP contribution >= 0.6 is 0 Å². The first-order valence-corrected chi connectivity index (χ1v) is 8.21. The van der Waals surface area contributed by atoms with Crippen LogP contribution < -0.4 is 16.2 Å². The average Bonchev–Trinajstić information content (AvgIpc) is 2.64. The van der Waals surface area contributed by atoms with Crippen molar-refractivity contribution in [2.24, 2.45) is 5.92 Å². The normalized spacial score (nSPS) is 11.6. The smallest absolute Gasteiger partial charge is 0.269 e. The number of hydrogen-bond acceptors (Lipinski definition) is 3. The molecule has 0 aliphatic carbocycles. The van der Waals surface area contributed by atoms with Gasteiger partial charge in [-0.3, -0.25) is 25.2 Å². The lowest BCUT2D eigenvalue weighted by molar-refractivity contribution is -0.124. The second kappa shape index (κ2) is 8.88. The maximum absolute atomic E-state index is 13.7. The van der Waals surface area contributed by atoms with E-state index in [0.29, 0.717) is 5.56 Å². The van der Waals surface area contributed by atoms with Gasteiger partial charge in [0.2, 0.25) is 0 Å². The van der Waals surface area contributed by atoms with Crippen molar-refractivity contribution in [3.63, 3.8) is 0 Å². The SMILES string of the molecule is CC(C)[C@H](NC(=O)c1c(F)cccc1F)C(=O)NNC(=O)c1ccccc1. The van der Waals surface area contributed by atoms with Crippen LogP contribution in [0.25, 0.3) is 0 Å². The lowest BCUT2D eigenvalue weighted by Crippen LogP contribution is -2.54. The zero-order valence-electron chi connectivity index (χ0n) is 14.8. The van der Waals surface area contributed by atoms with Gasteiger partial charge in [0, 0.05) is 5.56 Å². The second-order valence-electron chi connectivity index (χ2n) is 6.10. The molecule has 27 heavy (non-hydrogen) atoms. The fourth-order valence-electron chi connectivity index (χ4n) is 2.32. The fourth-order valence-corrected chi connectivity index (χ4v) is 2.32. The van der Waals surface area contributed by atoms with E-state index >= 15 is 0 Å². The second-order valence-corrected chi connectivity index (χ2v) is 6.10. The van der Waals surface area contributed by atoms with Crippen LogP contribution in [0.3, 0.4) is 0 Å². The number of rotatable bonds is 5. The molecule has 142 valence electrons. The zero-order chi connectivity index (χ0) is 20.0. The molecule has 6 nitrogen and oxygen atoms in total. The van der Waals surface area contributed by atoms with Crippen LogP contribution in [0.15, 0.2) is 48.5 Å². The van der Waals surface area contributed by atoms with Crippen molar-refractivity contribution >= 4 is 17.7 Å². The van der Waals surface area contributed by atoms with E-state index in [1.807, 2.05) is 0 Å². The molecule has 2 aromatic carbocycles. The summed E-state index contributed by atoms with van der Waals surface area (Å²) in [6.45, 7) is 3.28. The minimum atomic E-state index is -1.12. The highest BCUT2D eigenvalue weighted by Crippen LogP contribution is 2.13. The van der Waals surface area contributed by atoms with Crippen LogP contribution in [0.4, 0.5) is 8.78 Å². The number of halogens is 2. The molecular weight excluding hydrogens is 356 g/mol. The molecule has 0 fully saturated rings. The molecule has 0 heterocycles. The first-order valence-electron chi connectivity index (χ1n) is 8.21. The van der Waals surface area contributed by atoms with Gasteiger partial charge in [-0.2, -0.15) is 0 Å². The van der Waals surface area contributed by atoms with Gasteiger partial charge in [0.05, 0.1) is 0 Å². The van der Waals surface area contributed by atoms with Crippen LogP contribution in [0, 0.1) is 17.6 Å². The maximum Gasteiger partial charge on any atom is 0.269 e. The summed E-state index contributed by atoms with van der Waals surface area (Å²) in [5.41, 5.74) is 4.00. The molecule has 2 rings (SSSR count).